The molecule has 1 saturated heterocycles. The molecule has 0 radical (unpaired) electrons. The summed E-state index contributed by atoms with van der Waals surface area (Å²) in [6.45, 7) is 4.22. The van der Waals surface area contributed by atoms with Crippen LogP contribution < -0.4 is 5.32 Å². The minimum Gasteiger partial charge on any atom is -0.466 e. The fourth-order valence-electron chi connectivity index (χ4n) is 8.07. The molecule has 11 nitrogen and oxygen atoms in total. The predicted molar refractivity (Wildman–Crippen MR) is 255 cm³/mol. The van der Waals surface area contributed by atoms with Crippen LogP contribution in [0.4, 0.5) is 0 Å². The Morgan fingerprint density at radius 2 is 1.02 bits per heavy atom. The molecule has 7 atom stereocenters. The van der Waals surface area contributed by atoms with Crippen LogP contribution in [0.2, 0.25) is 0 Å². The number of carbonyl (C=O) groups is 2. The highest BCUT2D eigenvalue weighted by atomic mass is 16.7. The summed E-state index contributed by atoms with van der Waals surface area (Å²) in [6.07, 6.45) is 38.4. The summed E-state index contributed by atoms with van der Waals surface area (Å²) in [7, 11) is 0. The van der Waals surface area contributed by atoms with Crippen LogP contribution in [0, 0.1) is 0 Å². The first-order valence-corrected chi connectivity index (χ1v) is 26.1. The smallest absolute Gasteiger partial charge is 0.305 e. The summed E-state index contributed by atoms with van der Waals surface area (Å²) >= 11 is 0. The Balaban J connectivity index is 2.15. The predicted octanol–water partition coefficient (Wildman–Crippen LogP) is 10.6. The summed E-state index contributed by atoms with van der Waals surface area (Å²) in [4.78, 5) is 25.0. The van der Waals surface area contributed by atoms with Gasteiger partial charge in [-0.05, 0) is 64.2 Å². The highest BCUT2D eigenvalue weighted by Crippen LogP contribution is 2.23. The number of hydrogen-bond acceptors (Lipinski definition) is 10. The minimum atomic E-state index is -1.58. The van der Waals surface area contributed by atoms with Gasteiger partial charge in [0.25, 0.3) is 0 Å². The Bertz CT molecular complexity index is 1100. The molecule has 1 aliphatic heterocycles. The number of rotatable bonds is 44. The fraction of sp³-hybridized carbons (Fsp3) is 0.885. The van der Waals surface area contributed by atoms with E-state index in [1.54, 1.807) is 6.08 Å². The lowest BCUT2D eigenvalue weighted by Gasteiger charge is -2.40. The van der Waals surface area contributed by atoms with Crippen molar-refractivity contribution in [2.24, 2.45) is 0 Å². The molecule has 370 valence electrons. The average molecular weight is 896 g/mol. The lowest BCUT2D eigenvalue weighted by Crippen LogP contribution is -2.60. The van der Waals surface area contributed by atoms with E-state index in [9.17, 15) is 35.1 Å². The van der Waals surface area contributed by atoms with E-state index in [2.05, 4.69) is 31.3 Å². The zero-order valence-electron chi connectivity index (χ0n) is 40.3. The number of unbranched alkanes of at least 4 members (excludes halogenated alkanes) is 28. The third kappa shape index (κ3) is 33.3. The van der Waals surface area contributed by atoms with Crippen molar-refractivity contribution < 1.29 is 49.3 Å². The minimum absolute atomic E-state index is 0.0452. The van der Waals surface area contributed by atoms with E-state index in [0.29, 0.717) is 19.4 Å². The Morgan fingerprint density at radius 3 is 1.52 bits per heavy atom. The topological polar surface area (TPSA) is 175 Å². The normalized spacial score (nSPS) is 20.1. The van der Waals surface area contributed by atoms with Gasteiger partial charge in [-0.3, -0.25) is 9.59 Å². The van der Waals surface area contributed by atoms with Crippen LogP contribution in [-0.2, 0) is 23.8 Å². The molecule has 1 rings (SSSR count). The lowest BCUT2D eigenvalue weighted by molar-refractivity contribution is -0.302. The number of allylic oxidation sites excluding steroid dienone is 3. The average Bonchev–Trinajstić information content (AvgIpc) is 3.28. The number of carbonyl (C=O) groups excluding carboxylic acids is 2. The van der Waals surface area contributed by atoms with Crippen LogP contribution in [0.15, 0.2) is 24.3 Å². The van der Waals surface area contributed by atoms with Crippen molar-refractivity contribution in [1.29, 1.82) is 0 Å². The molecule has 0 aliphatic carbocycles. The summed E-state index contributed by atoms with van der Waals surface area (Å²) in [5, 5.41) is 54.0. The number of hydrogen-bond donors (Lipinski definition) is 6. The second-order valence-electron chi connectivity index (χ2n) is 18.2. The molecule has 1 fully saturated rings. The van der Waals surface area contributed by atoms with Crippen molar-refractivity contribution in [3.8, 4) is 0 Å². The van der Waals surface area contributed by atoms with Gasteiger partial charge in [-0.2, -0.15) is 0 Å². The third-order valence-corrected chi connectivity index (χ3v) is 12.3. The Hall–Kier alpha value is -1.86. The van der Waals surface area contributed by atoms with Gasteiger partial charge in [-0.1, -0.05) is 179 Å². The largest absolute Gasteiger partial charge is 0.466 e. The number of aliphatic hydroxyl groups excluding tert-OH is 5. The van der Waals surface area contributed by atoms with Gasteiger partial charge in [0, 0.05) is 12.8 Å². The summed E-state index contributed by atoms with van der Waals surface area (Å²) in [5.41, 5.74) is 0. The quantitative estimate of drug-likeness (QED) is 0.0196. The number of nitrogens with one attached hydrogen (secondary N) is 1. The molecule has 7 unspecified atom stereocenters. The highest BCUT2D eigenvalue weighted by Gasteiger charge is 2.44. The van der Waals surface area contributed by atoms with Crippen molar-refractivity contribution in [3.63, 3.8) is 0 Å². The monoisotopic (exact) mass is 896 g/mol. The lowest BCUT2D eigenvalue weighted by atomic mass is 9.99. The van der Waals surface area contributed by atoms with Crippen LogP contribution in [0.3, 0.4) is 0 Å². The number of amides is 1. The Labute approximate surface area is 384 Å². The van der Waals surface area contributed by atoms with Gasteiger partial charge in [-0.25, -0.2) is 0 Å². The molecule has 6 N–H and O–H groups in total. The van der Waals surface area contributed by atoms with Gasteiger partial charge < -0.3 is 45.1 Å². The molecule has 0 spiro atoms. The molecular formula is C52H97NO10. The van der Waals surface area contributed by atoms with Crippen LogP contribution in [0.1, 0.15) is 232 Å². The van der Waals surface area contributed by atoms with Gasteiger partial charge in [0.2, 0.25) is 5.91 Å². The van der Waals surface area contributed by atoms with Gasteiger partial charge in [-0.15, -0.1) is 0 Å². The first-order chi connectivity index (χ1) is 30.7. The fourth-order valence-corrected chi connectivity index (χ4v) is 8.07. The van der Waals surface area contributed by atoms with Crippen LogP contribution >= 0.6 is 0 Å². The number of esters is 1. The van der Waals surface area contributed by atoms with E-state index >= 15 is 0 Å². The standard InChI is InChI=1S/C52H97NO10/c1-3-5-7-9-11-13-14-15-16-20-24-28-32-36-40-48(57)61-41-37-33-29-25-21-18-17-19-23-27-31-35-39-47(56)53-44(45(55)38-34-30-26-22-12-10-8-6-4-2)43-62-52-51(60)50(59)49(58)46(42-54)63-52/h18,21,34,38,44-46,49-52,54-55,58-60H,3-17,19-20,22-33,35-37,39-43H2,1-2H3,(H,53,56)/b21-18-,38-34+. The Morgan fingerprint density at radius 1 is 0.571 bits per heavy atom. The molecular weight excluding hydrogens is 799 g/mol. The van der Waals surface area contributed by atoms with Gasteiger partial charge >= 0.3 is 5.97 Å². The number of aliphatic hydroxyl groups is 5. The van der Waals surface area contributed by atoms with Crippen molar-refractivity contribution >= 4 is 11.9 Å². The summed E-state index contributed by atoms with van der Waals surface area (Å²) < 4.78 is 16.6. The second kappa shape index (κ2) is 42.8. The van der Waals surface area contributed by atoms with E-state index in [-0.39, 0.29) is 18.5 Å². The molecule has 1 amide bonds. The van der Waals surface area contributed by atoms with Crippen molar-refractivity contribution in [2.75, 3.05) is 19.8 Å². The molecule has 11 heteroatoms. The maximum atomic E-state index is 12.9. The van der Waals surface area contributed by atoms with Gasteiger partial charge in [0.15, 0.2) is 6.29 Å². The first-order valence-electron chi connectivity index (χ1n) is 26.1. The van der Waals surface area contributed by atoms with E-state index in [4.69, 9.17) is 14.2 Å². The van der Waals surface area contributed by atoms with Crippen molar-refractivity contribution in [2.45, 2.75) is 275 Å². The molecule has 63 heavy (non-hydrogen) atoms. The van der Waals surface area contributed by atoms with Crippen molar-refractivity contribution in [1.82, 2.24) is 5.32 Å². The van der Waals surface area contributed by atoms with Crippen LogP contribution in [-0.4, -0.2) is 100 Å². The van der Waals surface area contributed by atoms with E-state index in [1.807, 2.05) is 6.08 Å². The third-order valence-electron chi connectivity index (χ3n) is 12.3. The molecule has 0 saturated carbocycles. The summed E-state index contributed by atoms with van der Waals surface area (Å²) in [6, 6.07) is -0.826. The maximum absolute atomic E-state index is 12.9. The first kappa shape index (κ1) is 59.2. The molecule has 1 aliphatic rings. The van der Waals surface area contributed by atoms with Crippen molar-refractivity contribution in [3.05, 3.63) is 24.3 Å². The zero-order chi connectivity index (χ0) is 46.0. The second-order valence-corrected chi connectivity index (χ2v) is 18.2. The van der Waals surface area contributed by atoms with Crippen LogP contribution in [0.25, 0.3) is 0 Å². The SMILES string of the molecule is CCCCCCCCC/C=C/C(O)C(COC1OC(CO)C(O)C(O)C1O)NC(=O)CCCCCCC/C=C\CCCCCOC(=O)CCCCCCCCCCCCCCCC. The molecule has 0 bridgehead atoms. The van der Waals surface area contributed by atoms with E-state index in [0.717, 1.165) is 96.3 Å². The van der Waals surface area contributed by atoms with Gasteiger partial charge in [0.05, 0.1) is 32.0 Å². The molecule has 0 aromatic rings. The zero-order valence-corrected chi connectivity index (χ0v) is 40.3. The number of ether oxygens (including phenoxy) is 3. The highest BCUT2D eigenvalue weighted by molar-refractivity contribution is 5.76. The Kier molecular flexibility index (Phi) is 40.1. The van der Waals surface area contributed by atoms with E-state index in [1.165, 1.54) is 109 Å². The maximum Gasteiger partial charge on any atom is 0.305 e. The van der Waals surface area contributed by atoms with Gasteiger partial charge in [0.1, 0.15) is 24.4 Å². The molecule has 0 aromatic heterocycles. The van der Waals surface area contributed by atoms with E-state index < -0.39 is 49.5 Å². The molecule has 1 heterocycles. The molecule has 0 aromatic carbocycles. The summed E-state index contributed by atoms with van der Waals surface area (Å²) in [5.74, 6) is -0.255. The van der Waals surface area contributed by atoms with Crippen LogP contribution in [0.5, 0.6) is 0 Å².